The standard InChI is InChI=1S/C9H18N4O2/c1-7-5-10-3-4-13(7)6-9(15)12-11-8(2)14/h7,10H,3-6H2,1-2H3,(H,11,14)(H,12,15)/t7-/m0/s1. The molecule has 1 fully saturated rings. The van der Waals surface area contributed by atoms with E-state index in [1.54, 1.807) is 0 Å². The number of nitrogens with zero attached hydrogens (tertiary/aromatic N) is 1. The molecule has 1 aliphatic rings. The molecule has 6 nitrogen and oxygen atoms in total. The van der Waals surface area contributed by atoms with Crippen LogP contribution in [0.5, 0.6) is 0 Å². The fourth-order valence-corrected chi connectivity index (χ4v) is 1.50. The SMILES string of the molecule is CC(=O)NNC(=O)CN1CCNC[C@@H]1C. The molecule has 0 aromatic carbocycles. The van der Waals surface area contributed by atoms with Crippen LogP contribution in [-0.2, 0) is 9.59 Å². The Labute approximate surface area is 89.4 Å². The molecule has 0 aromatic rings. The minimum absolute atomic E-state index is 0.182. The first-order valence-electron chi connectivity index (χ1n) is 5.10. The number of carbonyl (C=O) groups excluding carboxylic acids is 2. The van der Waals surface area contributed by atoms with Crippen molar-refractivity contribution in [3.8, 4) is 0 Å². The number of hydrogen-bond acceptors (Lipinski definition) is 4. The smallest absolute Gasteiger partial charge is 0.252 e. The second-order valence-corrected chi connectivity index (χ2v) is 3.75. The third-order valence-corrected chi connectivity index (χ3v) is 2.36. The molecule has 2 amide bonds. The van der Waals surface area contributed by atoms with E-state index in [4.69, 9.17) is 0 Å². The lowest BCUT2D eigenvalue weighted by molar-refractivity contribution is -0.129. The van der Waals surface area contributed by atoms with Gasteiger partial charge in [0.05, 0.1) is 6.54 Å². The molecule has 3 N–H and O–H groups in total. The van der Waals surface area contributed by atoms with Gasteiger partial charge in [0.15, 0.2) is 0 Å². The van der Waals surface area contributed by atoms with E-state index in [1.807, 2.05) is 0 Å². The van der Waals surface area contributed by atoms with Crippen molar-refractivity contribution in [2.45, 2.75) is 19.9 Å². The first-order valence-corrected chi connectivity index (χ1v) is 5.10. The Hall–Kier alpha value is -1.14. The largest absolute Gasteiger partial charge is 0.314 e. The van der Waals surface area contributed by atoms with Crippen LogP contribution >= 0.6 is 0 Å². The summed E-state index contributed by atoms with van der Waals surface area (Å²) in [6.07, 6.45) is 0. The highest BCUT2D eigenvalue weighted by molar-refractivity contribution is 5.81. The van der Waals surface area contributed by atoms with Gasteiger partial charge in [-0.25, -0.2) is 0 Å². The van der Waals surface area contributed by atoms with E-state index in [-0.39, 0.29) is 11.8 Å². The highest BCUT2D eigenvalue weighted by atomic mass is 16.2. The Morgan fingerprint density at radius 2 is 2.20 bits per heavy atom. The average Bonchev–Trinajstić information content (AvgIpc) is 2.18. The second kappa shape index (κ2) is 5.67. The van der Waals surface area contributed by atoms with Gasteiger partial charge in [0.2, 0.25) is 5.91 Å². The number of hydrazine groups is 1. The van der Waals surface area contributed by atoms with Crippen LogP contribution in [0.4, 0.5) is 0 Å². The molecule has 15 heavy (non-hydrogen) atoms. The number of carbonyl (C=O) groups is 2. The van der Waals surface area contributed by atoms with Gasteiger partial charge in [0, 0.05) is 32.6 Å². The van der Waals surface area contributed by atoms with Crippen molar-refractivity contribution in [2.24, 2.45) is 0 Å². The van der Waals surface area contributed by atoms with Gasteiger partial charge < -0.3 is 5.32 Å². The van der Waals surface area contributed by atoms with E-state index in [2.05, 4.69) is 28.0 Å². The van der Waals surface area contributed by atoms with E-state index in [0.717, 1.165) is 19.6 Å². The summed E-state index contributed by atoms with van der Waals surface area (Å²) in [6.45, 7) is 6.40. The Morgan fingerprint density at radius 3 is 2.80 bits per heavy atom. The molecule has 1 rings (SSSR count). The molecule has 0 spiro atoms. The highest BCUT2D eigenvalue weighted by Crippen LogP contribution is 2.00. The second-order valence-electron chi connectivity index (χ2n) is 3.75. The maximum absolute atomic E-state index is 11.4. The molecule has 0 unspecified atom stereocenters. The molecule has 1 heterocycles. The van der Waals surface area contributed by atoms with Gasteiger partial charge in [-0.1, -0.05) is 0 Å². The maximum atomic E-state index is 11.4. The third-order valence-electron chi connectivity index (χ3n) is 2.36. The van der Waals surface area contributed by atoms with Gasteiger partial charge >= 0.3 is 0 Å². The number of rotatable bonds is 2. The molecule has 1 aliphatic heterocycles. The topological polar surface area (TPSA) is 73.5 Å². The normalized spacial score (nSPS) is 22.1. The van der Waals surface area contributed by atoms with Crippen LogP contribution in [0.1, 0.15) is 13.8 Å². The molecule has 0 saturated carbocycles. The van der Waals surface area contributed by atoms with Crippen molar-refractivity contribution in [1.82, 2.24) is 21.1 Å². The summed E-state index contributed by atoms with van der Waals surface area (Å²) in [6, 6.07) is 0.349. The number of hydrogen-bond donors (Lipinski definition) is 3. The minimum atomic E-state index is -0.267. The predicted molar refractivity (Wildman–Crippen MR) is 55.9 cm³/mol. The summed E-state index contributed by atoms with van der Waals surface area (Å²) in [4.78, 5) is 24.0. The van der Waals surface area contributed by atoms with Gasteiger partial charge in [-0.05, 0) is 6.92 Å². The molecule has 0 aliphatic carbocycles. The van der Waals surface area contributed by atoms with Crippen LogP contribution in [0.3, 0.4) is 0 Å². The van der Waals surface area contributed by atoms with Gasteiger partial charge in [0.25, 0.3) is 5.91 Å². The number of amides is 2. The Balaban J connectivity index is 2.26. The van der Waals surface area contributed by atoms with Gasteiger partial charge in [-0.2, -0.15) is 0 Å². The van der Waals surface area contributed by atoms with Crippen LogP contribution < -0.4 is 16.2 Å². The molecule has 1 atom stereocenters. The van der Waals surface area contributed by atoms with E-state index in [0.29, 0.717) is 12.6 Å². The zero-order valence-electron chi connectivity index (χ0n) is 9.17. The van der Waals surface area contributed by atoms with Crippen molar-refractivity contribution < 1.29 is 9.59 Å². The molecular formula is C9H18N4O2. The quantitative estimate of drug-likeness (QED) is 0.486. The van der Waals surface area contributed by atoms with E-state index < -0.39 is 0 Å². The van der Waals surface area contributed by atoms with Gasteiger partial charge in [0.1, 0.15) is 0 Å². The first kappa shape index (κ1) is 11.9. The van der Waals surface area contributed by atoms with E-state index in [1.165, 1.54) is 6.92 Å². The molecule has 6 heteroatoms. The summed E-state index contributed by atoms with van der Waals surface area (Å²) in [5, 5.41) is 3.24. The Morgan fingerprint density at radius 1 is 1.47 bits per heavy atom. The van der Waals surface area contributed by atoms with Crippen molar-refractivity contribution >= 4 is 11.8 Å². The third kappa shape index (κ3) is 4.26. The molecule has 0 radical (unpaired) electrons. The van der Waals surface area contributed by atoms with Gasteiger partial charge in [-0.15, -0.1) is 0 Å². The average molecular weight is 214 g/mol. The number of piperazine rings is 1. The summed E-state index contributed by atoms with van der Waals surface area (Å²) < 4.78 is 0. The molecule has 0 bridgehead atoms. The summed E-state index contributed by atoms with van der Waals surface area (Å²) in [5.41, 5.74) is 4.62. The zero-order chi connectivity index (χ0) is 11.3. The van der Waals surface area contributed by atoms with E-state index >= 15 is 0 Å². The Kier molecular flexibility index (Phi) is 4.51. The zero-order valence-corrected chi connectivity index (χ0v) is 9.17. The first-order chi connectivity index (χ1) is 7.09. The molecule has 1 saturated heterocycles. The van der Waals surface area contributed by atoms with Gasteiger partial charge in [-0.3, -0.25) is 25.3 Å². The van der Waals surface area contributed by atoms with Crippen LogP contribution in [0.2, 0.25) is 0 Å². The van der Waals surface area contributed by atoms with E-state index in [9.17, 15) is 9.59 Å². The highest BCUT2D eigenvalue weighted by Gasteiger charge is 2.19. The maximum Gasteiger partial charge on any atom is 0.252 e. The monoisotopic (exact) mass is 214 g/mol. The van der Waals surface area contributed by atoms with Crippen molar-refractivity contribution in [3.63, 3.8) is 0 Å². The lowest BCUT2D eigenvalue weighted by atomic mass is 10.2. The lowest BCUT2D eigenvalue weighted by Crippen LogP contribution is -2.54. The predicted octanol–water partition coefficient (Wildman–Crippen LogP) is -1.55. The van der Waals surface area contributed by atoms with Crippen LogP contribution in [-0.4, -0.2) is 48.9 Å². The number of nitrogens with one attached hydrogen (secondary N) is 3. The molecule has 86 valence electrons. The van der Waals surface area contributed by atoms with Crippen LogP contribution in [0, 0.1) is 0 Å². The fourth-order valence-electron chi connectivity index (χ4n) is 1.50. The summed E-state index contributed by atoms with van der Waals surface area (Å²) in [7, 11) is 0. The molecule has 0 aromatic heterocycles. The van der Waals surface area contributed by atoms with Crippen molar-refractivity contribution in [1.29, 1.82) is 0 Å². The van der Waals surface area contributed by atoms with Crippen molar-refractivity contribution in [3.05, 3.63) is 0 Å². The Bertz CT molecular complexity index is 244. The lowest BCUT2D eigenvalue weighted by Gasteiger charge is -2.33. The summed E-state index contributed by atoms with van der Waals surface area (Å²) in [5.74, 6) is -0.448. The summed E-state index contributed by atoms with van der Waals surface area (Å²) >= 11 is 0. The van der Waals surface area contributed by atoms with Crippen LogP contribution in [0.25, 0.3) is 0 Å². The van der Waals surface area contributed by atoms with Crippen LogP contribution in [0.15, 0.2) is 0 Å². The minimum Gasteiger partial charge on any atom is -0.314 e. The molecular weight excluding hydrogens is 196 g/mol. The fraction of sp³-hybridized carbons (Fsp3) is 0.778. The van der Waals surface area contributed by atoms with Crippen molar-refractivity contribution in [2.75, 3.05) is 26.2 Å².